The Bertz CT molecular complexity index is 396. The van der Waals surface area contributed by atoms with Gasteiger partial charge in [0.1, 0.15) is 0 Å². The van der Waals surface area contributed by atoms with Gasteiger partial charge in [-0.1, -0.05) is 43.7 Å². The lowest BCUT2D eigenvalue weighted by Crippen LogP contribution is -2.30. The minimum atomic E-state index is 0.0740. The first-order valence-corrected chi connectivity index (χ1v) is 8.15. The minimum Gasteiger partial charge on any atom is -0.329 e. The van der Waals surface area contributed by atoms with Crippen LogP contribution in [0.3, 0.4) is 0 Å². The smallest absolute Gasteiger partial charge is 0.318 e. The van der Waals surface area contributed by atoms with Crippen molar-refractivity contribution in [3.05, 3.63) is 35.9 Å². The molecule has 19 heavy (non-hydrogen) atoms. The average molecular weight is 278 g/mol. The molecular weight excluding hydrogens is 256 g/mol. The number of unbranched alkanes of at least 4 members (excludes halogenated alkanes) is 1. The standard InChI is InChI=1S/C15H22N2OS/c1-2-3-10-19-11-9-17-12-14(16-15(17)18)13-7-5-4-6-8-13/h4-8,14H,2-3,9-12H2,1H3,(H,16,18). The first kappa shape index (κ1) is 14.3. The highest BCUT2D eigenvalue weighted by atomic mass is 32.2. The number of carbonyl (C=O) groups excluding carboxylic acids is 1. The summed E-state index contributed by atoms with van der Waals surface area (Å²) in [6.07, 6.45) is 2.51. The molecule has 0 radical (unpaired) electrons. The van der Waals surface area contributed by atoms with Crippen molar-refractivity contribution < 1.29 is 4.79 Å². The van der Waals surface area contributed by atoms with Gasteiger partial charge in [-0.3, -0.25) is 0 Å². The Labute approximate surface area is 119 Å². The fourth-order valence-corrected chi connectivity index (χ4v) is 3.23. The maximum Gasteiger partial charge on any atom is 0.318 e. The molecule has 4 heteroatoms. The molecule has 0 aliphatic carbocycles. The van der Waals surface area contributed by atoms with Crippen molar-refractivity contribution in [2.75, 3.05) is 24.6 Å². The van der Waals surface area contributed by atoms with Crippen LogP contribution in [0.25, 0.3) is 0 Å². The average Bonchev–Trinajstić information content (AvgIpc) is 2.81. The van der Waals surface area contributed by atoms with E-state index in [9.17, 15) is 4.79 Å². The molecule has 1 N–H and O–H groups in total. The van der Waals surface area contributed by atoms with Crippen molar-refractivity contribution in [2.24, 2.45) is 0 Å². The second-order valence-electron chi connectivity index (χ2n) is 4.82. The lowest BCUT2D eigenvalue weighted by Gasteiger charge is -2.14. The Morgan fingerprint density at radius 1 is 1.32 bits per heavy atom. The summed E-state index contributed by atoms with van der Waals surface area (Å²) in [7, 11) is 0. The van der Waals surface area contributed by atoms with Gasteiger partial charge in [0, 0.05) is 18.8 Å². The monoisotopic (exact) mass is 278 g/mol. The summed E-state index contributed by atoms with van der Waals surface area (Å²) < 4.78 is 0. The van der Waals surface area contributed by atoms with Crippen LogP contribution in [0, 0.1) is 0 Å². The molecule has 1 fully saturated rings. The first-order valence-electron chi connectivity index (χ1n) is 6.99. The van der Waals surface area contributed by atoms with Gasteiger partial charge in [0.05, 0.1) is 6.04 Å². The lowest BCUT2D eigenvalue weighted by molar-refractivity contribution is 0.220. The zero-order chi connectivity index (χ0) is 13.5. The molecular formula is C15H22N2OS. The molecule has 2 rings (SSSR count). The van der Waals surface area contributed by atoms with Gasteiger partial charge in [0.15, 0.2) is 0 Å². The molecule has 0 bridgehead atoms. The van der Waals surface area contributed by atoms with Gasteiger partial charge < -0.3 is 10.2 Å². The second kappa shape index (κ2) is 7.43. The maximum atomic E-state index is 11.9. The van der Waals surface area contributed by atoms with Crippen LogP contribution in [-0.4, -0.2) is 35.5 Å². The van der Waals surface area contributed by atoms with Crippen LogP contribution in [0.2, 0.25) is 0 Å². The normalized spacial score (nSPS) is 18.7. The molecule has 1 aromatic carbocycles. The quantitative estimate of drug-likeness (QED) is 0.776. The van der Waals surface area contributed by atoms with E-state index in [2.05, 4.69) is 24.4 Å². The topological polar surface area (TPSA) is 32.3 Å². The van der Waals surface area contributed by atoms with Crippen LogP contribution in [0.5, 0.6) is 0 Å². The van der Waals surface area contributed by atoms with Gasteiger partial charge in [0.25, 0.3) is 0 Å². The molecule has 1 aliphatic heterocycles. The van der Waals surface area contributed by atoms with Crippen molar-refractivity contribution >= 4 is 17.8 Å². The van der Waals surface area contributed by atoms with Gasteiger partial charge >= 0.3 is 6.03 Å². The van der Waals surface area contributed by atoms with E-state index in [0.29, 0.717) is 0 Å². The molecule has 1 heterocycles. The lowest BCUT2D eigenvalue weighted by atomic mass is 10.1. The van der Waals surface area contributed by atoms with Gasteiger partial charge in [-0.25, -0.2) is 4.79 Å². The van der Waals surface area contributed by atoms with Crippen molar-refractivity contribution in [3.8, 4) is 0 Å². The molecule has 104 valence electrons. The SMILES string of the molecule is CCCCSCCN1CC(c2ccccc2)NC1=O. The molecule has 1 unspecified atom stereocenters. The zero-order valence-corrected chi connectivity index (χ0v) is 12.3. The first-order chi connectivity index (χ1) is 9.31. The van der Waals surface area contributed by atoms with Gasteiger partial charge in [-0.05, 0) is 17.7 Å². The fraction of sp³-hybridized carbons (Fsp3) is 0.533. The summed E-state index contributed by atoms with van der Waals surface area (Å²) in [4.78, 5) is 13.8. The Hall–Kier alpha value is -1.16. The van der Waals surface area contributed by atoms with Crippen LogP contribution in [0.15, 0.2) is 30.3 Å². The number of urea groups is 1. The molecule has 0 spiro atoms. The van der Waals surface area contributed by atoms with Gasteiger partial charge in [-0.15, -0.1) is 0 Å². The van der Waals surface area contributed by atoms with Crippen molar-refractivity contribution in [1.82, 2.24) is 10.2 Å². The van der Waals surface area contributed by atoms with Crippen LogP contribution >= 0.6 is 11.8 Å². The van der Waals surface area contributed by atoms with E-state index in [4.69, 9.17) is 0 Å². The molecule has 1 aromatic rings. The zero-order valence-electron chi connectivity index (χ0n) is 11.5. The number of carbonyl (C=O) groups is 1. The molecule has 1 saturated heterocycles. The van der Waals surface area contributed by atoms with Crippen LogP contribution in [0.1, 0.15) is 31.4 Å². The van der Waals surface area contributed by atoms with E-state index in [0.717, 1.165) is 18.8 Å². The third-order valence-electron chi connectivity index (χ3n) is 3.34. The molecule has 1 atom stereocenters. The maximum absolute atomic E-state index is 11.9. The summed E-state index contributed by atoms with van der Waals surface area (Å²) >= 11 is 1.94. The van der Waals surface area contributed by atoms with E-state index >= 15 is 0 Å². The fourth-order valence-electron chi connectivity index (χ4n) is 2.18. The number of thioether (sulfide) groups is 1. The largest absolute Gasteiger partial charge is 0.329 e. The van der Waals surface area contributed by atoms with Crippen molar-refractivity contribution in [2.45, 2.75) is 25.8 Å². The summed E-state index contributed by atoms with van der Waals surface area (Å²) in [6, 6.07) is 10.4. The van der Waals surface area contributed by atoms with Crippen LogP contribution in [0.4, 0.5) is 4.79 Å². The number of hydrogen-bond acceptors (Lipinski definition) is 2. The summed E-state index contributed by atoms with van der Waals surface area (Å²) in [5.74, 6) is 2.24. The minimum absolute atomic E-state index is 0.0740. The predicted octanol–water partition coefficient (Wildman–Crippen LogP) is 3.29. The highest BCUT2D eigenvalue weighted by molar-refractivity contribution is 7.99. The molecule has 3 nitrogen and oxygen atoms in total. The highest BCUT2D eigenvalue weighted by Crippen LogP contribution is 2.20. The Morgan fingerprint density at radius 3 is 2.84 bits per heavy atom. The summed E-state index contributed by atoms with van der Waals surface area (Å²) in [5, 5.41) is 3.05. The molecule has 0 aromatic heterocycles. The third-order valence-corrected chi connectivity index (χ3v) is 4.39. The molecule has 1 aliphatic rings. The van der Waals surface area contributed by atoms with E-state index < -0.39 is 0 Å². The number of nitrogens with zero attached hydrogens (tertiary/aromatic N) is 1. The van der Waals surface area contributed by atoms with Crippen molar-refractivity contribution in [3.63, 3.8) is 0 Å². The molecule has 0 saturated carbocycles. The van der Waals surface area contributed by atoms with Gasteiger partial charge in [-0.2, -0.15) is 11.8 Å². The van der Waals surface area contributed by atoms with E-state index in [1.54, 1.807) is 0 Å². The summed E-state index contributed by atoms with van der Waals surface area (Å²) in [6.45, 7) is 3.85. The number of hydrogen-bond donors (Lipinski definition) is 1. The number of nitrogens with one attached hydrogen (secondary N) is 1. The highest BCUT2D eigenvalue weighted by Gasteiger charge is 2.28. The van der Waals surface area contributed by atoms with Crippen LogP contribution < -0.4 is 5.32 Å². The van der Waals surface area contributed by atoms with Gasteiger partial charge in [0.2, 0.25) is 0 Å². The number of rotatable bonds is 7. The van der Waals surface area contributed by atoms with E-state index in [-0.39, 0.29) is 12.1 Å². The Morgan fingerprint density at radius 2 is 2.11 bits per heavy atom. The second-order valence-corrected chi connectivity index (χ2v) is 6.05. The predicted molar refractivity (Wildman–Crippen MR) is 81.5 cm³/mol. The summed E-state index contributed by atoms with van der Waals surface area (Å²) in [5.41, 5.74) is 1.19. The van der Waals surface area contributed by atoms with E-state index in [1.807, 2.05) is 34.9 Å². The van der Waals surface area contributed by atoms with E-state index in [1.165, 1.54) is 24.2 Å². The van der Waals surface area contributed by atoms with Crippen molar-refractivity contribution in [1.29, 1.82) is 0 Å². The Kier molecular flexibility index (Phi) is 5.58. The third kappa shape index (κ3) is 4.16. The molecule has 2 amide bonds. The Balaban J connectivity index is 1.76. The van der Waals surface area contributed by atoms with Crippen LogP contribution in [-0.2, 0) is 0 Å². The number of amides is 2. The number of benzene rings is 1.